The maximum absolute atomic E-state index is 12.1. The van der Waals surface area contributed by atoms with Gasteiger partial charge in [-0.3, -0.25) is 9.59 Å². The van der Waals surface area contributed by atoms with E-state index in [1.807, 2.05) is 30.0 Å². The van der Waals surface area contributed by atoms with E-state index in [9.17, 15) is 9.59 Å². The Balaban J connectivity index is 1.63. The molecule has 120 valence electrons. The monoisotopic (exact) mass is 302 g/mol. The van der Waals surface area contributed by atoms with Gasteiger partial charge in [-0.1, -0.05) is 37.3 Å². The van der Waals surface area contributed by atoms with Crippen molar-refractivity contribution in [1.29, 1.82) is 0 Å². The summed E-state index contributed by atoms with van der Waals surface area (Å²) in [6.07, 6.45) is 4.08. The number of rotatable bonds is 6. The Morgan fingerprint density at radius 1 is 1.18 bits per heavy atom. The van der Waals surface area contributed by atoms with E-state index in [0.717, 1.165) is 45.3 Å². The third-order valence-electron chi connectivity index (χ3n) is 4.31. The van der Waals surface area contributed by atoms with Crippen LogP contribution in [0.5, 0.6) is 0 Å². The summed E-state index contributed by atoms with van der Waals surface area (Å²) in [5.41, 5.74) is 1.31. The van der Waals surface area contributed by atoms with Crippen LogP contribution in [0.1, 0.15) is 38.2 Å². The number of piperidine rings is 1. The molecule has 4 nitrogen and oxygen atoms in total. The summed E-state index contributed by atoms with van der Waals surface area (Å²) in [5, 5.41) is 3.04. The number of amides is 2. The van der Waals surface area contributed by atoms with Crippen LogP contribution in [0.15, 0.2) is 30.3 Å². The Labute approximate surface area is 132 Å². The summed E-state index contributed by atoms with van der Waals surface area (Å²) in [4.78, 5) is 25.6. The van der Waals surface area contributed by atoms with E-state index >= 15 is 0 Å². The van der Waals surface area contributed by atoms with Crippen molar-refractivity contribution in [3.8, 4) is 0 Å². The van der Waals surface area contributed by atoms with Gasteiger partial charge in [-0.15, -0.1) is 0 Å². The lowest BCUT2D eigenvalue weighted by atomic mass is 9.95. The molecule has 1 aliphatic heterocycles. The Morgan fingerprint density at radius 3 is 2.50 bits per heavy atom. The Hall–Kier alpha value is -1.84. The molecule has 1 N–H and O–H groups in total. The molecule has 0 unspecified atom stereocenters. The highest BCUT2D eigenvalue weighted by molar-refractivity contribution is 5.80. The van der Waals surface area contributed by atoms with Gasteiger partial charge in [0.05, 0.1) is 0 Å². The maximum Gasteiger partial charge on any atom is 0.223 e. The van der Waals surface area contributed by atoms with Crippen LogP contribution in [0.2, 0.25) is 0 Å². The summed E-state index contributed by atoms with van der Waals surface area (Å²) < 4.78 is 0. The number of nitrogens with one attached hydrogen (secondary N) is 1. The highest BCUT2D eigenvalue weighted by Gasteiger charge is 2.26. The zero-order valence-electron chi connectivity index (χ0n) is 13.4. The van der Waals surface area contributed by atoms with Crippen molar-refractivity contribution in [1.82, 2.24) is 10.2 Å². The van der Waals surface area contributed by atoms with Gasteiger partial charge in [0.15, 0.2) is 0 Å². The molecule has 1 fully saturated rings. The van der Waals surface area contributed by atoms with Gasteiger partial charge in [-0.25, -0.2) is 0 Å². The number of hydrogen-bond donors (Lipinski definition) is 1. The Kier molecular flexibility index (Phi) is 6.44. The number of nitrogens with zero attached hydrogens (tertiary/aromatic N) is 1. The molecule has 2 amide bonds. The molecule has 1 aromatic carbocycles. The molecule has 1 saturated heterocycles. The molecule has 0 spiro atoms. The van der Waals surface area contributed by atoms with Crippen LogP contribution in [0.4, 0.5) is 0 Å². The molecule has 0 aliphatic carbocycles. The zero-order chi connectivity index (χ0) is 15.8. The molecule has 4 heteroatoms. The zero-order valence-corrected chi connectivity index (χ0v) is 13.4. The van der Waals surface area contributed by atoms with Crippen molar-refractivity contribution in [2.45, 2.75) is 39.0 Å². The van der Waals surface area contributed by atoms with E-state index in [2.05, 4.69) is 17.4 Å². The summed E-state index contributed by atoms with van der Waals surface area (Å²) in [6, 6.07) is 10.3. The SMILES string of the molecule is CCC(=O)N1CCC(C(=O)NCCCc2ccccc2)CC1. The highest BCUT2D eigenvalue weighted by atomic mass is 16.2. The van der Waals surface area contributed by atoms with E-state index in [4.69, 9.17) is 0 Å². The fourth-order valence-electron chi connectivity index (χ4n) is 2.91. The van der Waals surface area contributed by atoms with Gasteiger partial charge >= 0.3 is 0 Å². The molecule has 1 heterocycles. The second-order valence-electron chi connectivity index (χ2n) is 5.89. The van der Waals surface area contributed by atoms with Crippen molar-refractivity contribution in [3.63, 3.8) is 0 Å². The van der Waals surface area contributed by atoms with Gasteiger partial charge in [-0.05, 0) is 31.2 Å². The lowest BCUT2D eigenvalue weighted by Gasteiger charge is -2.31. The van der Waals surface area contributed by atoms with Gasteiger partial charge < -0.3 is 10.2 Å². The van der Waals surface area contributed by atoms with E-state index in [1.165, 1.54) is 5.56 Å². The number of carbonyl (C=O) groups excluding carboxylic acids is 2. The highest BCUT2D eigenvalue weighted by Crippen LogP contribution is 2.18. The molecule has 0 aromatic heterocycles. The molecule has 1 aliphatic rings. The van der Waals surface area contributed by atoms with Crippen molar-refractivity contribution >= 4 is 11.8 Å². The largest absolute Gasteiger partial charge is 0.356 e. The van der Waals surface area contributed by atoms with Gasteiger partial charge in [0, 0.05) is 32.0 Å². The van der Waals surface area contributed by atoms with Crippen LogP contribution in [0.25, 0.3) is 0 Å². The van der Waals surface area contributed by atoms with Crippen LogP contribution < -0.4 is 5.32 Å². The van der Waals surface area contributed by atoms with Crippen molar-refractivity contribution in [2.24, 2.45) is 5.92 Å². The predicted octanol–water partition coefficient (Wildman–Crippen LogP) is 2.38. The third-order valence-corrected chi connectivity index (χ3v) is 4.31. The first-order valence-electron chi connectivity index (χ1n) is 8.30. The minimum atomic E-state index is 0.0673. The number of benzene rings is 1. The molecule has 1 aromatic rings. The number of likely N-dealkylation sites (tertiary alicyclic amines) is 1. The van der Waals surface area contributed by atoms with Crippen LogP contribution in [0.3, 0.4) is 0 Å². The third kappa shape index (κ3) is 4.86. The first kappa shape index (κ1) is 16.5. The first-order valence-corrected chi connectivity index (χ1v) is 8.30. The van der Waals surface area contributed by atoms with Crippen LogP contribution >= 0.6 is 0 Å². The van der Waals surface area contributed by atoms with Crippen molar-refractivity contribution < 1.29 is 9.59 Å². The molecular formula is C18H26N2O2. The number of hydrogen-bond acceptors (Lipinski definition) is 2. The van der Waals surface area contributed by atoms with Crippen molar-refractivity contribution in [2.75, 3.05) is 19.6 Å². The van der Waals surface area contributed by atoms with Crippen LogP contribution in [-0.2, 0) is 16.0 Å². The fraction of sp³-hybridized carbons (Fsp3) is 0.556. The molecule has 0 bridgehead atoms. The lowest BCUT2D eigenvalue weighted by Crippen LogP contribution is -2.43. The quantitative estimate of drug-likeness (QED) is 0.820. The lowest BCUT2D eigenvalue weighted by molar-refractivity contribution is -0.135. The molecule has 0 radical (unpaired) electrons. The average Bonchev–Trinajstić information content (AvgIpc) is 2.59. The molecule has 2 rings (SSSR count). The van der Waals surface area contributed by atoms with Gasteiger partial charge in [-0.2, -0.15) is 0 Å². The standard InChI is InChI=1S/C18H26N2O2/c1-2-17(21)20-13-10-16(11-14-20)18(22)19-12-6-9-15-7-4-3-5-8-15/h3-5,7-8,16H,2,6,9-14H2,1H3,(H,19,22). The Bertz CT molecular complexity index is 479. The van der Waals surface area contributed by atoms with E-state index in [1.54, 1.807) is 0 Å². The van der Waals surface area contributed by atoms with Crippen LogP contribution in [-0.4, -0.2) is 36.3 Å². The fourth-order valence-corrected chi connectivity index (χ4v) is 2.91. The maximum atomic E-state index is 12.1. The molecule has 22 heavy (non-hydrogen) atoms. The van der Waals surface area contributed by atoms with Crippen LogP contribution in [0, 0.1) is 5.92 Å². The van der Waals surface area contributed by atoms with E-state index < -0.39 is 0 Å². The normalized spacial score (nSPS) is 15.6. The predicted molar refractivity (Wildman–Crippen MR) is 87.4 cm³/mol. The summed E-state index contributed by atoms with van der Waals surface area (Å²) >= 11 is 0. The smallest absolute Gasteiger partial charge is 0.223 e. The van der Waals surface area contributed by atoms with Gasteiger partial charge in [0.25, 0.3) is 0 Å². The molecule has 0 saturated carbocycles. The summed E-state index contributed by atoms with van der Waals surface area (Å²) in [7, 11) is 0. The molecular weight excluding hydrogens is 276 g/mol. The minimum absolute atomic E-state index is 0.0673. The minimum Gasteiger partial charge on any atom is -0.356 e. The first-order chi connectivity index (χ1) is 10.7. The van der Waals surface area contributed by atoms with Gasteiger partial charge in [0.2, 0.25) is 11.8 Å². The number of aryl methyl sites for hydroxylation is 1. The Morgan fingerprint density at radius 2 is 1.86 bits per heavy atom. The average molecular weight is 302 g/mol. The number of carbonyl (C=O) groups is 2. The van der Waals surface area contributed by atoms with E-state index in [-0.39, 0.29) is 17.7 Å². The second kappa shape index (κ2) is 8.57. The summed E-state index contributed by atoms with van der Waals surface area (Å²) in [6.45, 7) is 4.04. The molecule has 0 atom stereocenters. The van der Waals surface area contributed by atoms with Gasteiger partial charge in [0.1, 0.15) is 0 Å². The summed E-state index contributed by atoms with van der Waals surface area (Å²) in [5.74, 6) is 0.413. The topological polar surface area (TPSA) is 49.4 Å². The second-order valence-corrected chi connectivity index (χ2v) is 5.89. The van der Waals surface area contributed by atoms with E-state index in [0.29, 0.717) is 6.42 Å². The van der Waals surface area contributed by atoms with Crippen molar-refractivity contribution in [3.05, 3.63) is 35.9 Å².